The summed E-state index contributed by atoms with van der Waals surface area (Å²) in [6.45, 7) is 20.0. The van der Waals surface area contributed by atoms with Crippen LogP contribution in [-0.2, 0) is 0 Å². The number of rotatable bonds is 12. The topological polar surface area (TPSA) is 0 Å². The fraction of sp³-hybridized carbons (Fsp3) is 1.00. The van der Waals surface area contributed by atoms with Crippen LogP contribution in [0.2, 0.25) is 0 Å². The van der Waals surface area contributed by atoms with Crippen LogP contribution in [0.4, 0.5) is 0 Å². The number of hydrogen-bond donors (Lipinski definition) is 0. The van der Waals surface area contributed by atoms with Crippen LogP contribution in [0.15, 0.2) is 0 Å². The van der Waals surface area contributed by atoms with E-state index in [9.17, 15) is 0 Å². The molecule has 1 aliphatic rings. The molecule has 0 saturated carbocycles. The van der Waals surface area contributed by atoms with Crippen molar-refractivity contribution in [1.29, 1.82) is 0 Å². The molecule has 0 spiro atoms. The maximum Gasteiger partial charge on any atom is -0.0131 e. The van der Waals surface area contributed by atoms with Gasteiger partial charge < -0.3 is 0 Å². The van der Waals surface area contributed by atoms with Crippen LogP contribution in [0.5, 0.6) is 0 Å². The molecule has 144 valence electrons. The van der Waals surface area contributed by atoms with Crippen LogP contribution in [-0.4, -0.2) is 22.6 Å². The van der Waals surface area contributed by atoms with E-state index in [1.54, 1.807) is 0 Å². The molecule has 0 nitrogen and oxygen atoms in total. The van der Waals surface area contributed by atoms with Crippen molar-refractivity contribution in [2.24, 2.45) is 0 Å². The molecule has 0 amide bonds. The smallest absolute Gasteiger partial charge is 0.0131 e. The average Bonchev–Trinajstić information content (AvgIpc) is 2.62. The van der Waals surface area contributed by atoms with Gasteiger partial charge in [0.05, 0.1) is 0 Å². The standard InChI is InChI=1S/C20H44P4/c1-9-17(10-2)21-22(18(11-3)12-4)24(20(15-7)16-8)23(21)19(13-5)14-6/h17-20H,9-16H2,1-8H3. The van der Waals surface area contributed by atoms with Crippen LogP contribution >= 0.6 is 29.2 Å². The van der Waals surface area contributed by atoms with E-state index in [2.05, 4.69) is 55.4 Å². The molecular formula is C20H44P4. The lowest BCUT2D eigenvalue weighted by Crippen LogP contribution is -2.19. The Morgan fingerprint density at radius 3 is 0.542 bits per heavy atom. The highest BCUT2D eigenvalue weighted by Gasteiger charge is 2.57. The minimum atomic E-state index is 0.385. The van der Waals surface area contributed by atoms with Gasteiger partial charge in [-0.05, 0) is 103 Å². The third-order valence-electron chi connectivity index (χ3n) is 5.92. The molecule has 0 bridgehead atoms. The summed E-state index contributed by atoms with van der Waals surface area (Å²) in [5, 5.41) is 0. The summed E-state index contributed by atoms with van der Waals surface area (Å²) in [5.74, 6) is 0. The molecule has 1 saturated heterocycles. The summed E-state index contributed by atoms with van der Waals surface area (Å²) in [5.41, 5.74) is 4.41. The van der Waals surface area contributed by atoms with Crippen molar-refractivity contribution >= 4 is 29.2 Å². The minimum Gasteiger partial charge on any atom is -0.0648 e. The molecule has 0 atom stereocenters. The Bertz CT molecular complexity index is 248. The molecule has 24 heavy (non-hydrogen) atoms. The summed E-state index contributed by atoms with van der Waals surface area (Å²) >= 11 is 0. The van der Waals surface area contributed by atoms with Gasteiger partial charge >= 0.3 is 0 Å². The second-order valence-corrected chi connectivity index (χ2v) is 26.8. The van der Waals surface area contributed by atoms with Crippen molar-refractivity contribution in [2.75, 3.05) is 0 Å². The first-order valence-electron chi connectivity index (χ1n) is 10.8. The summed E-state index contributed by atoms with van der Waals surface area (Å²) in [6, 6.07) is 0. The second-order valence-electron chi connectivity index (χ2n) is 7.16. The van der Waals surface area contributed by atoms with Gasteiger partial charge in [0.25, 0.3) is 0 Å². The minimum absolute atomic E-state index is 0.385. The maximum atomic E-state index is 2.50. The monoisotopic (exact) mass is 408 g/mol. The predicted octanol–water partition coefficient (Wildman–Crippen LogP) is 10.3. The summed E-state index contributed by atoms with van der Waals surface area (Å²) in [7, 11) is 1.54. The average molecular weight is 408 g/mol. The first kappa shape index (κ1) is 23.8. The lowest BCUT2D eigenvalue weighted by atomic mass is 10.3. The van der Waals surface area contributed by atoms with Gasteiger partial charge in [0.2, 0.25) is 0 Å². The van der Waals surface area contributed by atoms with Crippen LogP contribution < -0.4 is 0 Å². The summed E-state index contributed by atoms with van der Waals surface area (Å²) < 4.78 is 0. The van der Waals surface area contributed by atoms with Crippen molar-refractivity contribution in [3.63, 3.8) is 0 Å². The Hall–Kier alpha value is 1.72. The van der Waals surface area contributed by atoms with Gasteiger partial charge in [-0.2, -0.15) is 0 Å². The molecule has 4 heteroatoms. The predicted molar refractivity (Wildman–Crippen MR) is 125 cm³/mol. The van der Waals surface area contributed by atoms with Crippen molar-refractivity contribution < 1.29 is 0 Å². The van der Waals surface area contributed by atoms with E-state index in [0.29, 0.717) is 29.2 Å². The zero-order chi connectivity index (χ0) is 18.3. The lowest BCUT2D eigenvalue weighted by molar-refractivity contribution is 0.768. The third-order valence-corrected chi connectivity index (χ3v) is 45.0. The second kappa shape index (κ2) is 12.2. The van der Waals surface area contributed by atoms with Crippen LogP contribution in [0.3, 0.4) is 0 Å². The molecule has 0 N–H and O–H groups in total. The Kier molecular flexibility index (Phi) is 12.1. The SMILES string of the molecule is CCC(CC)P1P(C(CC)CC)P(C(CC)CC)P1C(CC)CC. The highest BCUT2D eigenvalue weighted by molar-refractivity contribution is 9.09. The zero-order valence-corrected chi connectivity index (χ0v) is 21.3. The largest absolute Gasteiger partial charge is 0.0648 e. The number of hydrogen-bond acceptors (Lipinski definition) is 0. The molecule has 1 rings (SSSR count). The van der Waals surface area contributed by atoms with E-state index in [4.69, 9.17) is 0 Å². The van der Waals surface area contributed by atoms with E-state index in [1.165, 1.54) is 51.4 Å². The molecule has 0 unspecified atom stereocenters. The van der Waals surface area contributed by atoms with Crippen LogP contribution in [0.1, 0.15) is 107 Å². The Morgan fingerprint density at radius 2 is 0.458 bits per heavy atom. The Morgan fingerprint density at radius 1 is 0.333 bits per heavy atom. The molecule has 0 aromatic rings. The molecule has 0 aromatic carbocycles. The van der Waals surface area contributed by atoms with Gasteiger partial charge in [-0.25, -0.2) is 0 Å². The quantitative estimate of drug-likeness (QED) is 0.282. The van der Waals surface area contributed by atoms with E-state index in [0.717, 1.165) is 22.6 Å². The molecule has 1 heterocycles. The molecule has 0 aromatic heterocycles. The van der Waals surface area contributed by atoms with Gasteiger partial charge in [-0.3, -0.25) is 0 Å². The van der Waals surface area contributed by atoms with E-state index in [-0.39, 0.29) is 0 Å². The van der Waals surface area contributed by atoms with Gasteiger partial charge in [0, 0.05) is 0 Å². The molecule has 1 aliphatic heterocycles. The van der Waals surface area contributed by atoms with E-state index < -0.39 is 0 Å². The first-order valence-corrected chi connectivity index (χ1v) is 19.2. The van der Waals surface area contributed by atoms with Gasteiger partial charge in [0.15, 0.2) is 0 Å². The fourth-order valence-electron chi connectivity index (χ4n) is 4.14. The normalized spacial score (nSPS) is 27.5. The fourth-order valence-corrected chi connectivity index (χ4v) is 56.9. The van der Waals surface area contributed by atoms with Crippen molar-refractivity contribution in [2.45, 2.75) is 129 Å². The summed E-state index contributed by atoms with van der Waals surface area (Å²) in [6.07, 6.45) is 11.7. The third kappa shape index (κ3) is 4.95. The highest BCUT2D eigenvalue weighted by Crippen LogP contribution is 3.24. The zero-order valence-electron chi connectivity index (χ0n) is 17.8. The van der Waals surface area contributed by atoms with E-state index >= 15 is 0 Å². The molecule has 0 radical (unpaired) electrons. The van der Waals surface area contributed by atoms with Gasteiger partial charge in [0.1, 0.15) is 0 Å². The summed E-state index contributed by atoms with van der Waals surface area (Å²) in [4.78, 5) is 0. The first-order chi connectivity index (χ1) is 11.6. The van der Waals surface area contributed by atoms with E-state index in [1.807, 2.05) is 0 Å². The van der Waals surface area contributed by atoms with Crippen LogP contribution in [0.25, 0.3) is 0 Å². The van der Waals surface area contributed by atoms with Gasteiger partial charge in [-0.15, -0.1) is 0 Å². The molecule has 0 aliphatic carbocycles. The van der Waals surface area contributed by atoms with Crippen LogP contribution in [0, 0.1) is 0 Å². The molecule has 1 fully saturated rings. The highest BCUT2D eigenvalue weighted by atomic mass is 33.0. The molecular weight excluding hydrogens is 364 g/mol. The van der Waals surface area contributed by atoms with Crippen molar-refractivity contribution in [1.82, 2.24) is 0 Å². The van der Waals surface area contributed by atoms with Crippen molar-refractivity contribution in [3.05, 3.63) is 0 Å². The van der Waals surface area contributed by atoms with Crippen molar-refractivity contribution in [3.8, 4) is 0 Å². The lowest BCUT2D eigenvalue weighted by Gasteiger charge is -2.63. The van der Waals surface area contributed by atoms with Gasteiger partial charge in [-0.1, -0.05) is 55.4 Å². The Labute approximate surface area is 158 Å². The Balaban J connectivity index is 3.25. The maximum absolute atomic E-state index is 2.50.